The first-order chi connectivity index (χ1) is 5.56. The molecule has 0 amide bonds. The van der Waals surface area contributed by atoms with Crippen LogP contribution in [0.25, 0.3) is 4.85 Å². The van der Waals surface area contributed by atoms with E-state index < -0.39 is 5.54 Å². The molecule has 0 heterocycles. The fourth-order valence-electron chi connectivity index (χ4n) is 0.934. The van der Waals surface area contributed by atoms with E-state index in [2.05, 4.69) is 4.85 Å². The lowest BCUT2D eigenvalue weighted by molar-refractivity contribution is 0.608. The molecule has 0 aliphatic heterocycles. The lowest BCUT2D eigenvalue weighted by atomic mass is 9.95. The highest BCUT2D eigenvalue weighted by Crippen LogP contribution is 2.24. The van der Waals surface area contributed by atoms with Gasteiger partial charge in [0, 0.05) is 19.4 Å². The van der Waals surface area contributed by atoms with E-state index >= 15 is 0 Å². The molecule has 0 aliphatic rings. The van der Waals surface area contributed by atoms with E-state index in [1.807, 2.05) is 0 Å². The van der Waals surface area contributed by atoms with E-state index in [4.69, 9.17) is 6.57 Å². The summed E-state index contributed by atoms with van der Waals surface area (Å²) in [6.07, 6.45) is 0. The quantitative estimate of drug-likeness (QED) is 0.560. The highest BCUT2D eigenvalue weighted by atomic mass is 19.1. The van der Waals surface area contributed by atoms with Crippen LogP contribution in [-0.4, -0.2) is 0 Å². The maximum Gasteiger partial charge on any atom is 0.252 e. The minimum Gasteiger partial charge on any atom is -0.306 e. The first kappa shape index (κ1) is 8.73. The van der Waals surface area contributed by atoms with Gasteiger partial charge in [-0.05, 0) is 12.1 Å². The fourth-order valence-corrected chi connectivity index (χ4v) is 0.934. The van der Waals surface area contributed by atoms with Crippen molar-refractivity contribution in [2.24, 2.45) is 0 Å². The molecule has 2 heteroatoms. The number of halogens is 1. The highest BCUT2D eigenvalue weighted by Gasteiger charge is 2.25. The van der Waals surface area contributed by atoms with E-state index in [1.54, 1.807) is 26.0 Å². The summed E-state index contributed by atoms with van der Waals surface area (Å²) in [5, 5.41) is 0. The maximum absolute atomic E-state index is 12.7. The molecule has 1 aromatic carbocycles. The Morgan fingerprint density at radius 1 is 1.42 bits per heavy atom. The van der Waals surface area contributed by atoms with E-state index in [1.165, 1.54) is 12.1 Å². The molecule has 0 atom stereocenters. The first-order valence-electron chi connectivity index (χ1n) is 3.71. The summed E-state index contributed by atoms with van der Waals surface area (Å²) in [5.41, 5.74) is 0.0970. The lowest BCUT2D eigenvalue weighted by Gasteiger charge is -2.10. The van der Waals surface area contributed by atoms with Gasteiger partial charge in [-0.25, -0.2) is 11.0 Å². The summed E-state index contributed by atoms with van der Waals surface area (Å²) in [4.78, 5) is 3.42. The number of rotatable bonds is 1. The van der Waals surface area contributed by atoms with Gasteiger partial charge in [-0.15, -0.1) is 0 Å². The second-order valence-electron chi connectivity index (χ2n) is 3.18. The van der Waals surface area contributed by atoms with Gasteiger partial charge >= 0.3 is 0 Å². The predicted molar refractivity (Wildman–Crippen MR) is 46.0 cm³/mol. The summed E-state index contributed by atoms with van der Waals surface area (Å²) in [6.45, 7) is 10.5. The van der Waals surface area contributed by atoms with E-state index in [-0.39, 0.29) is 5.82 Å². The van der Waals surface area contributed by atoms with Crippen LogP contribution in [0.15, 0.2) is 24.3 Å². The van der Waals surface area contributed by atoms with Gasteiger partial charge in [0.2, 0.25) is 0 Å². The molecule has 0 unspecified atom stereocenters. The van der Waals surface area contributed by atoms with Crippen molar-refractivity contribution in [2.75, 3.05) is 0 Å². The Kier molecular flexibility index (Phi) is 2.14. The fraction of sp³-hybridized carbons (Fsp3) is 0.300. The Labute approximate surface area is 71.7 Å². The van der Waals surface area contributed by atoms with Crippen LogP contribution in [0, 0.1) is 12.4 Å². The van der Waals surface area contributed by atoms with E-state index in [0.717, 1.165) is 5.56 Å². The van der Waals surface area contributed by atoms with Gasteiger partial charge in [0.05, 0.1) is 0 Å². The zero-order valence-corrected chi connectivity index (χ0v) is 7.13. The van der Waals surface area contributed by atoms with Gasteiger partial charge in [0.25, 0.3) is 5.54 Å². The Bertz CT molecular complexity index is 323. The Morgan fingerprint density at radius 3 is 2.58 bits per heavy atom. The molecule has 0 N–H and O–H groups in total. The van der Waals surface area contributed by atoms with Crippen molar-refractivity contribution in [2.45, 2.75) is 19.4 Å². The molecule has 0 saturated heterocycles. The summed E-state index contributed by atoms with van der Waals surface area (Å²) >= 11 is 0. The Hall–Kier alpha value is -1.36. The van der Waals surface area contributed by atoms with Gasteiger partial charge in [0.1, 0.15) is 5.82 Å². The number of hydrogen-bond acceptors (Lipinski definition) is 0. The molecule has 0 spiro atoms. The molecule has 1 rings (SSSR count). The van der Waals surface area contributed by atoms with Gasteiger partial charge in [-0.3, -0.25) is 0 Å². The maximum atomic E-state index is 12.7. The predicted octanol–water partition coefficient (Wildman–Crippen LogP) is 2.98. The summed E-state index contributed by atoms with van der Waals surface area (Å²) in [6, 6.07) is 6.17. The molecule has 1 nitrogen and oxygen atoms in total. The summed E-state index contributed by atoms with van der Waals surface area (Å²) < 4.78 is 12.7. The first-order valence-corrected chi connectivity index (χ1v) is 3.71. The van der Waals surface area contributed by atoms with Crippen LogP contribution >= 0.6 is 0 Å². The molecule has 0 fully saturated rings. The van der Waals surface area contributed by atoms with Crippen molar-refractivity contribution in [3.05, 3.63) is 47.1 Å². The van der Waals surface area contributed by atoms with Crippen LogP contribution in [0.1, 0.15) is 19.4 Å². The Morgan fingerprint density at radius 2 is 2.08 bits per heavy atom. The van der Waals surface area contributed by atoms with E-state index in [9.17, 15) is 4.39 Å². The van der Waals surface area contributed by atoms with Crippen molar-refractivity contribution < 1.29 is 4.39 Å². The molecular weight excluding hydrogens is 153 g/mol. The van der Waals surface area contributed by atoms with Gasteiger partial charge in [0.15, 0.2) is 0 Å². The smallest absolute Gasteiger partial charge is 0.252 e. The summed E-state index contributed by atoms with van der Waals surface area (Å²) in [7, 11) is 0. The van der Waals surface area contributed by atoms with Crippen LogP contribution in [0.4, 0.5) is 4.39 Å². The number of benzene rings is 1. The molecule has 1 aromatic rings. The molecule has 62 valence electrons. The van der Waals surface area contributed by atoms with Crippen molar-refractivity contribution in [3.63, 3.8) is 0 Å². The standard InChI is InChI=1S/C10H10FN/c1-10(2,12-3)8-5-4-6-9(11)7-8/h4-7H,1-2H3. The minimum atomic E-state index is -0.623. The second kappa shape index (κ2) is 2.94. The second-order valence-corrected chi connectivity index (χ2v) is 3.18. The zero-order chi connectivity index (χ0) is 9.19. The molecule has 0 bridgehead atoms. The Balaban J connectivity index is 3.14. The molecule has 0 radical (unpaired) electrons. The number of hydrogen-bond donors (Lipinski definition) is 0. The third kappa shape index (κ3) is 1.62. The molecule has 0 saturated carbocycles. The van der Waals surface area contributed by atoms with Crippen LogP contribution in [0.2, 0.25) is 0 Å². The SMILES string of the molecule is [C-]#[N+]C(C)(C)c1cccc(F)c1. The van der Waals surface area contributed by atoms with Crippen LogP contribution in [-0.2, 0) is 5.54 Å². The van der Waals surface area contributed by atoms with Crippen LogP contribution in [0.5, 0.6) is 0 Å². The van der Waals surface area contributed by atoms with Gasteiger partial charge in [-0.2, -0.15) is 0 Å². The largest absolute Gasteiger partial charge is 0.306 e. The average Bonchev–Trinajstić information content (AvgIpc) is 2.05. The highest BCUT2D eigenvalue weighted by molar-refractivity contribution is 5.26. The molecule has 0 aliphatic carbocycles. The van der Waals surface area contributed by atoms with Crippen LogP contribution in [0.3, 0.4) is 0 Å². The topological polar surface area (TPSA) is 4.36 Å². The molecule has 12 heavy (non-hydrogen) atoms. The third-order valence-electron chi connectivity index (χ3n) is 1.81. The van der Waals surface area contributed by atoms with Gasteiger partial charge in [-0.1, -0.05) is 12.1 Å². The third-order valence-corrected chi connectivity index (χ3v) is 1.81. The van der Waals surface area contributed by atoms with Crippen molar-refractivity contribution in [3.8, 4) is 0 Å². The van der Waals surface area contributed by atoms with Gasteiger partial charge < -0.3 is 4.85 Å². The molecular formula is C10H10FN. The zero-order valence-electron chi connectivity index (χ0n) is 7.13. The average molecular weight is 163 g/mol. The van der Waals surface area contributed by atoms with E-state index in [0.29, 0.717) is 0 Å². The van der Waals surface area contributed by atoms with Crippen molar-refractivity contribution in [1.82, 2.24) is 0 Å². The summed E-state index contributed by atoms with van der Waals surface area (Å²) in [5.74, 6) is -0.288. The molecule has 0 aromatic heterocycles. The van der Waals surface area contributed by atoms with Crippen LogP contribution < -0.4 is 0 Å². The lowest BCUT2D eigenvalue weighted by Crippen LogP contribution is -2.10. The minimum absolute atomic E-state index is 0.288. The van der Waals surface area contributed by atoms with Crippen molar-refractivity contribution >= 4 is 0 Å². The monoisotopic (exact) mass is 163 g/mol. The normalized spacial score (nSPS) is 10.8. The van der Waals surface area contributed by atoms with Crippen molar-refractivity contribution in [1.29, 1.82) is 0 Å². The number of nitrogens with zero attached hydrogens (tertiary/aromatic N) is 1.